The Morgan fingerprint density at radius 2 is 1.88 bits per heavy atom. The minimum Gasteiger partial charge on any atom is -0.497 e. The molecule has 0 radical (unpaired) electrons. The fourth-order valence-electron chi connectivity index (χ4n) is 2.10. The third-order valence-electron chi connectivity index (χ3n) is 3.36. The van der Waals surface area contributed by atoms with Crippen LogP contribution in [0.15, 0.2) is 48.5 Å². The quantitative estimate of drug-likeness (QED) is 0.784. The van der Waals surface area contributed by atoms with Crippen LogP contribution in [0.3, 0.4) is 0 Å². The second-order valence-corrected chi connectivity index (χ2v) is 5.90. The summed E-state index contributed by atoms with van der Waals surface area (Å²) >= 11 is -1.92. The highest BCUT2D eigenvalue weighted by Crippen LogP contribution is 2.16. The van der Waals surface area contributed by atoms with E-state index in [1.54, 1.807) is 48.5 Å². The lowest BCUT2D eigenvalue weighted by atomic mass is 10.1. The highest BCUT2D eigenvalue weighted by molar-refractivity contribution is 7.78. The van der Waals surface area contributed by atoms with Crippen LogP contribution in [0.5, 0.6) is 5.75 Å². The molecule has 7 heteroatoms. The molecular weight excluding hydrogens is 328 g/mol. The van der Waals surface area contributed by atoms with Gasteiger partial charge >= 0.3 is 0 Å². The van der Waals surface area contributed by atoms with Crippen molar-refractivity contribution in [3.63, 3.8) is 0 Å². The summed E-state index contributed by atoms with van der Waals surface area (Å²) in [7, 11) is 1.54. The van der Waals surface area contributed by atoms with E-state index in [0.717, 1.165) is 0 Å². The van der Waals surface area contributed by atoms with Crippen molar-refractivity contribution in [1.29, 1.82) is 5.26 Å². The number of hydrogen-bond acceptors (Lipinski definition) is 4. The van der Waals surface area contributed by atoms with Gasteiger partial charge in [0.1, 0.15) is 11.8 Å². The normalized spacial score (nSPS) is 12.7. The molecule has 2 atom stereocenters. The van der Waals surface area contributed by atoms with Gasteiger partial charge in [-0.25, -0.2) is 4.21 Å². The van der Waals surface area contributed by atoms with Crippen molar-refractivity contribution in [3.8, 4) is 11.8 Å². The maximum absolute atomic E-state index is 12.2. The van der Waals surface area contributed by atoms with Crippen molar-refractivity contribution in [1.82, 2.24) is 5.32 Å². The number of rotatable bonds is 6. The monoisotopic (exact) mass is 344 g/mol. The topological polar surface area (TPSA) is 99.4 Å². The summed E-state index contributed by atoms with van der Waals surface area (Å²) in [6.07, 6.45) is 0. The predicted octanol–water partition coefficient (Wildman–Crippen LogP) is 2.41. The van der Waals surface area contributed by atoms with E-state index in [0.29, 0.717) is 22.4 Å². The van der Waals surface area contributed by atoms with Gasteiger partial charge in [-0.2, -0.15) is 5.26 Å². The third kappa shape index (κ3) is 4.65. The third-order valence-corrected chi connectivity index (χ3v) is 3.94. The molecule has 6 nitrogen and oxygen atoms in total. The molecule has 0 aliphatic carbocycles. The number of benzene rings is 2. The Kier molecular flexibility index (Phi) is 6.07. The first-order valence-electron chi connectivity index (χ1n) is 7.04. The van der Waals surface area contributed by atoms with Crippen LogP contribution in [0.25, 0.3) is 0 Å². The van der Waals surface area contributed by atoms with Gasteiger partial charge in [0, 0.05) is 5.56 Å². The number of nitriles is 1. The van der Waals surface area contributed by atoms with Crippen molar-refractivity contribution in [2.24, 2.45) is 0 Å². The number of hydrogen-bond donors (Lipinski definition) is 2. The highest BCUT2D eigenvalue weighted by Gasteiger charge is 2.15. The Bertz CT molecular complexity index is 767. The van der Waals surface area contributed by atoms with Gasteiger partial charge in [-0.15, -0.1) is 0 Å². The lowest BCUT2D eigenvalue weighted by Gasteiger charge is -2.13. The summed E-state index contributed by atoms with van der Waals surface area (Å²) < 4.78 is 24.7. The largest absolute Gasteiger partial charge is 0.497 e. The van der Waals surface area contributed by atoms with Crippen LogP contribution in [0.2, 0.25) is 0 Å². The molecule has 0 saturated carbocycles. The van der Waals surface area contributed by atoms with Crippen LogP contribution in [-0.2, 0) is 16.8 Å². The van der Waals surface area contributed by atoms with Crippen LogP contribution in [0.1, 0.15) is 27.5 Å². The van der Waals surface area contributed by atoms with Crippen molar-refractivity contribution in [2.75, 3.05) is 7.11 Å². The van der Waals surface area contributed by atoms with Crippen molar-refractivity contribution in [2.45, 2.75) is 11.8 Å². The Balaban J connectivity index is 2.09. The fraction of sp³-hybridized carbons (Fsp3) is 0.176. The Morgan fingerprint density at radius 1 is 1.25 bits per heavy atom. The number of amides is 1. The summed E-state index contributed by atoms with van der Waals surface area (Å²) in [6, 6.07) is 14.4. The molecule has 2 rings (SSSR count). The zero-order valence-electron chi connectivity index (χ0n) is 12.9. The smallest absolute Gasteiger partial charge is 0.252 e. The molecule has 0 aliphatic rings. The zero-order chi connectivity index (χ0) is 17.5. The molecule has 0 aromatic heterocycles. The molecule has 2 aromatic carbocycles. The molecule has 124 valence electrons. The molecule has 0 heterocycles. The predicted molar refractivity (Wildman–Crippen MR) is 89.7 cm³/mol. The van der Waals surface area contributed by atoms with E-state index < -0.39 is 17.1 Å². The average molecular weight is 344 g/mol. The number of methoxy groups -OCH3 is 1. The zero-order valence-corrected chi connectivity index (χ0v) is 13.7. The molecule has 2 unspecified atom stereocenters. The number of nitrogens with zero attached hydrogens (tertiary/aromatic N) is 1. The summed E-state index contributed by atoms with van der Waals surface area (Å²) in [5, 5.41) is 11.9. The van der Waals surface area contributed by atoms with Crippen molar-refractivity contribution < 1.29 is 18.3 Å². The number of carbonyl (C=O) groups is 1. The standard InChI is InChI=1S/C17H16N2O4S/c1-23-15-8-6-14(7-9-15)17(20)19-16(10-18)13-4-2-12(3-5-13)11-24(21)22/h2-9,16H,11H2,1H3,(H,19,20)(H,21,22). The van der Waals surface area contributed by atoms with E-state index in [1.165, 1.54) is 7.11 Å². The summed E-state index contributed by atoms with van der Waals surface area (Å²) in [4.78, 5) is 12.2. The minimum absolute atomic E-state index is 0.0235. The lowest BCUT2D eigenvalue weighted by Crippen LogP contribution is -2.27. The fourth-order valence-corrected chi connectivity index (χ4v) is 2.57. The van der Waals surface area contributed by atoms with Gasteiger partial charge in [0.25, 0.3) is 5.91 Å². The number of carbonyl (C=O) groups excluding carboxylic acids is 1. The van der Waals surface area contributed by atoms with E-state index in [4.69, 9.17) is 9.29 Å². The van der Waals surface area contributed by atoms with E-state index in [9.17, 15) is 14.3 Å². The Morgan fingerprint density at radius 3 is 2.38 bits per heavy atom. The average Bonchev–Trinajstić information content (AvgIpc) is 2.60. The number of nitrogens with one attached hydrogen (secondary N) is 1. The molecule has 0 spiro atoms. The van der Waals surface area contributed by atoms with Crippen molar-refractivity contribution in [3.05, 3.63) is 65.2 Å². The molecule has 0 aliphatic heterocycles. The van der Waals surface area contributed by atoms with Gasteiger partial charge in [0.2, 0.25) is 0 Å². The van der Waals surface area contributed by atoms with Gasteiger partial charge in [-0.05, 0) is 35.4 Å². The first-order valence-corrected chi connectivity index (χ1v) is 8.32. The maximum atomic E-state index is 12.2. The van der Waals surface area contributed by atoms with E-state index in [1.807, 2.05) is 6.07 Å². The van der Waals surface area contributed by atoms with Gasteiger partial charge in [-0.3, -0.25) is 4.79 Å². The highest BCUT2D eigenvalue weighted by atomic mass is 32.2. The molecule has 0 saturated heterocycles. The Labute approximate surface area is 142 Å². The van der Waals surface area contributed by atoms with E-state index >= 15 is 0 Å². The van der Waals surface area contributed by atoms with Gasteiger partial charge in [-0.1, -0.05) is 24.3 Å². The van der Waals surface area contributed by atoms with Gasteiger partial charge in [0.05, 0.1) is 18.9 Å². The minimum atomic E-state index is -1.92. The van der Waals surface area contributed by atoms with Crippen molar-refractivity contribution >= 4 is 17.0 Å². The molecule has 24 heavy (non-hydrogen) atoms. The van der Waals surface area contributed by atoms with Crippen LogP contribution in [-0.4, -0.2) is 21.8 Å². The first kappa shape index (κ1) is 17.7. The summed E-state index contributed by atoms with van der Waals surface area (Å²) in [5.41, 5.74) is 1.70. The number of ether oxygens (including phenoxy) is 1. The van der Waals surface area contributed by atoms with E-state index in [-0.39, 0.29) is 11.7 Å². The summed E-state index contributed by atoms with van der Waals surface area (Å²) in [6.45, 7) is 0. The van der Waals surface area contributed by atoms with Crippen LogP contribution in [0, 0.1) is 11.3 Å². The molecule has 2 aromatic rings. The van der Waals surface area contributed by atoms with Crippen LogP contribution >= 0.6 is 0 Å². The second kappa shape index (κ2) is 8.24. The second-order valence-electron chi connectivity index (χ2n) is 4.97. The molecule has 2 N–H and O–H groups in total. The molecule has 1 amide bonds. The van der Waals surface area contributed by atoms with Gasteiger partial charge < -0.3 is 14.6 Å². The molecule has 0 fully saturated rings. The van der Waals surface area contributed by atoms with E-state index in [2.05, 4.69) is 5.32 Å². The summed E-state index contributed by atoms with van der Waals surface area (Å²) in [5.74, 6) is 0.292. The van der Waals surface area contributed by atoms with Crippen LogP contribution < -0.4 is 10.1 Å². The molecular formula is C17H16N2O4S. The first-order chi connectivity index (χ1) is 11.5. The Hall–Kier alpha value is -2.69. The van der Waals surface area contributed by atoms with Crippen LogP contribution in [0.4, 0.5) is 0 Å². The maximum Gasteiger partial charge on any atom is 0.252 e. The SMILES string of the molecule is COc1ccc(C(=O)NC(C#N)c2ccc(CS(=O)O)cc2)cc1. The lowest BCUT2D eigenvalue weighted by molar-refractivity contribution is 0.0945. The van der Waals surface area contributed by atoms with Gasteiger partial charge in [0.15, 0.2) is 11.1 Å². The molecule has 0 bridgehead atoms.